The number of alkyl halides is 2. The Morgan fingerprint density at radius 2 is 2.26 bits per heavy atom. The van der Waals surface area contributed by atoms with Crippen LogP contribution in [0.4, 0.5) is 14.6 Å². The first kappa shape index (κ1) is 15.4. The van der Waals surface area contributed by atoms with Gasteiger partial charge in [0, 0.05) is 0 Å². The maximum absolute atomic E-state index is 12.6. The molecule has 0 aromatic carbocycles. The number of hydrogen-bond acceptors (Lipinski definition) is 5. The van der Waals surface area contributed by atoms with E-state index in [1.807, 2.05) is 0 Å². The first-order valence-electron chi connectivity index (χ1n) is 5.14. The molecule has 1 aromatic rings. The highest BCUT2D eigenvalue weighted by molar-refractivity contribution is 9.10. The molecular formula is C10H9BrF2N2O4. The largest absolute Gasteiger partial charge is 0.466 e. The second-order valence-electron chi connectivity index (χ2n) is 3.38. The van der Waals surface area contributed by atoms with Crippen LogP contribution in [0.5, 0.6) is 0 Å². The third-order valence-electron chi connectivity index (χ3n) is 2.08. The Kier molecular flexibility index (Phi) is 5.28. The summed E-state index contributed by atoms with van der Waals surface area (Å²) >= 11 is 2.84. The van der Waals surface area contributed by atoms with E-state index in [1.54, 1.807) is 6.92 Å². The molecule has 1 rings (SSSR count). The molecular weight excluding hydrogens is 330 g/mol. The van der Waals surface area contributed by atoms with Crippen LogP contribution in [0.1, 0.15) is 24.6 Å². The summed E-state index contributed by atoms with van der Waals surface area (Å²) in [5, 5.41) is 10.8. The molecule has 6 nitrogen and oxygen atoms in total. The van der Waals surface area contributed by atoms with Crippen LogP contribution in [-0.4, -0.2) is 22.5 Å². The van der Waals surface area contributed by atoms with Gasteiger partial charge in [0.1, 0.15) is 0 Å². The summed E-state index contributed by atoms with van der Waals surface area (Å²) in [5.74, 6) is -1.46. The molecule has 0 saturated carbocycles. The van der Waals surface area contributed by atoms with Crippen molar-refractivity contribution in [2.75, 3.05) is 6.61 Å². The highest BCUT2D eigenvalue weighted by atomic mass is 79.9. The van der Waals surface area contributed by atoms with Gasteiger partial charge in [0.05, 0.1) is 23.1 Å². The number of pyridine rings is 1. The van der Waals surface area contributed by atoms with Crippen LogP contribution in [0.15, 0.2) is 10.5 Å². The van der Waals surface area contributed by atoms with Crippen LogP contribution in [0.25, 0.3) is 0 Å². The van der Waals surface area contributed by atoms with Crippen molar-refractivity contribution < 1.29 is 23.2 Å². The van der Waals surface area contributed by atoms with E-state index in [1.165, 1.54) is 0 Å². The Labute approximate surface area is 115 Å². The highest BCUT2D eigenvalue weighted by Crippen LogP contribution is 2.30. The van der Waals surface area contributed by atoms with Gasteiger partial charge >= 0.3 is 18.2 Å². The molecule has 0 unspecified atom stereocenters. The zero-order valence-electron chi connectivity index (χ0n) is 9.73. The van der Waals surface area contributed by atoms with Gasteiger partial charge in [0.15, 0.2) is 0 Å². The molecule has 0 saturated heterocycles. The second-order valence-corrected chi connectivity index (χ2v) is 4.23. The fraction of sp³-hybridized carbons (Fsp3) is 0.400. The SMILES string of the molecule is CCOC(=O)Cc1cc(Br)c(C(F)F)nc1[N+](=O)[O-]. The summed E-state index contributed by atoms with van der Waals surface area (Å²) in [5.41, 5.74) is -0.820. The van der Waals surface area contributed by atoms with Crippen molar-refractivity contribution in [1.82, 2.24) is 4.98 Å². The number of nitro groups is 1. The molecule has 0 N–H and O–H groups in total. The zero-order chi connectivity index (χ0) is 14.6. The van der Waals surface area contributed by atoms with Gasteiger partial charge < -0.3 is 14.9 Å². The number of esters is 1. The van der Waals surface area contributed by atoms with Gasteiger partial charge in [-0.3, -0.25) is 4.79 Å². The van der Waals surface area contributed by atoms with E-state index < -0.39 is 35.3 Å². The molecule has 0 spiro atoms. The second kappa shape index (κ2) is 6.50. The summed E-state index contributed by atoms with van der Waals surface area (Å²) in [6, 6.07) is 1.09. The Bertz CT molecular complexity index is 511. The molecule has 0 amide bonds. The maximum Gasteiger partial charge on any atom is 0.367 e. The molecule has 104 valence electrons. The fourth-order valence-electron chi connectivity index (χ4n) is 1.34. The van der Waals surface area contributed by atoms with E-state index in [2.05, 4.69) is 25.7 Å². The fourth-order valence-corrected chi connectivity index (χ4v) is 1.88. The quantitative estimate of drug-likeness (QED) is 0.468. The van der Waals surface area contributed by atoms with E-state index >= 15 is 0 Å². The minimum Gasteiger partial charge on any atom is -0.466 e. The Morgan fingerprint density at radius 1 is 1.63 bits per heavy atom. The lowest BCUT2D eigenvalue weighted by atomic mass is 10.1. The van der Waals surface area contributed by atoms with Gasteiger partial charge in [-0.2, -0.15) is 0 Å². The molecule has 1 heterocycles. The minimum absolute atomic E-state index is 0.0836. The summed E-state index contributed by atoms with van der Waals surface area (Å²) in [4.78, 5) is 24.4. The number of nitrogens with zero attached hydrogens (tertiary/aromatic N) is 2. The summed E-state index contributed by atoms with van der Waals surface area (Å²) < 4.78 is 29.7. The Morgan fingerprint density at radius 3 is 2.74 bits per heavy atom. The zero-order valence-corrected chi connectivity index (χ0v) is 11.3. The Hall–Kier alpha value is -1.64. The highest BCUT2D eigenvalue weighted by Gasteiger charge is 2.27. The number of halogens is 3. The van der Waals surface area contributed by atoms with Crippen molar-refractivity contribution in [2.24, 2.45) is 0 Å². The molecule has 0 fully saturated rings. The summed E-state index contributed by atoms with van der Waals surface area (Å²) in [7, 11) is 0. The number of hydrogen-bond donors (Lipinski definition) is 0. The number of carbonyl (C=O) groups excluding carboxylic acids is 1. The van der Waals surface area contributed by atoms with Gasteiger partial charge in [-0.1, -0.05) is 0 Å². The first-order valence-corrected chi connectivity index (χ1v) is 5.93. The summed E-state index contributed by atoms with van der Waals surface area (Å²) in [6.07, 6.45) is -3.36. The van der Waals surface area contributed by atoms with E-state index in [0.29, 0.717) is 0 Å². The van der Waals surface area contributed by atoms with Gasteiger partial charge in [0.2, 0.25) is 5.69 Å². The van der Waals surface area contributed by atoms with Gasteiger partial charge in [-0.25, -0.2) is 8.78 Å². The third kappa shape index (κ3) is 3.91. The van der Waals surface area contributed by atoms with Crippen LogP contribution < -0.4 is 0 Å². The molecule has 0 atom stereocenters. The molecule has 1 aromatic heterocycles. The molecule has 9 heteroatoms. The monoisotopic (exact) mass is 338 g/mol. The smallest absolute Gasteiger partial charge is 0.367 e. The Balaban J connectivity index is 3.20. The lowest BCUT2D eigenvalue weighted by Gasteiger charge is -2.05. The van der Waals surface area contributed by atoms with E-state index in [-0.39, 0.29) is 16.6 Å². The minimum atomic E-state index is -2.95. The number of carbonyl (C=O) groups is 1. The molecule has 19 heavy (non-hydrogen) atoms. The van der Waals surface area contributed by atoms with Crippen molar-refractivity contribution in [1.29, 1.82) is 0 Å². The van der Waals surface area contributed by atoms with Crippen LogP contribution in [0.2, 0.25) is 0 Å². The lowest BCUT2D eigenvalue weighted by molar-refractivity contribution is -0.390. The lowest BCUT2D eigenvalue weighted by Crippen LogP contribution is -2.11. The van der Waals surface area contributed by atoms with Crippen LogP contribution in [0.3, 0.4) is 0 Å². The van der Waals surface area contributed by atoms with Gasteiger partial charge in [-0.15, -0.1) is 0 Å². The van der Waals surface area contributed by atoms with E-state index in [0.717, 1.165) is 6.07 Å². The number of rotatable bonds is 5. The number of aromatic nitrogens is 1. The van der Waals surface area contributed by atoms with Crippen LogP contribution in [0, 0.1) is 10.1 Å². The predicted molar refractivity (Wildman–Crippen MR) is 63.9 cm³/mol. The normalized spacial score (nSPS) is 10.6. The molecule has 0 aliphatic rings. The average molecular weight is 339 g/mol. The average Bonchev–Trinajstić information content (AvgIpc) is 2.28. The van der Waals surface area contributed by atoms with Crippen LogP contribution >= 0.6 is 15.9 Å². The molecule has 0 aliphatic carbocycles. The molecule has 0 radical (unpaired) electrons. The molecule has 0 bridgehead atoms. The van der Waals surface area contributed by atoms with Gasteiger partial charge in [-0.05, 0) is 38.8 Å². The first-order chi connectivity index (χ1) is 8.86. The van der Waals surface area contributed by atoms with Crippen molar-refractivity contribution in [3.63, 3.8) is 0 Å². The van der Waals surface area contributed by atoms with E-state index in [4.69, 9.17) is 0 Å². The third-order valence-corrected chi connectivity index (χ3v) is 2.71. The van der Waals surface area contributed by atoms with Crippen molar-refractivity contribution in [3.8, 4) is 0 Å². The van der Waals surface area contributed by atoms with Crippen molar-refractivity contribution in [2.45, 2.75) is 19.8 Å². The van der Waals surface area contributed by atoms with Crippen LogP contribution in [-0.2, 0) is 16.0 Å². The predicted octanol–water partition coefficient (Wildman–Crippen LogP) is 2.80. The summed E-state index contributed by atoms with van der Waals surface area (Å²) in [6.45, 7) is 1.71. The van der Waals surface area contributed by atoms with E-state index in [9.17, 15) is 23.7 Å². The number of ether oxygens (including phenoxy) is 1. The van der Waals surface area contributed by atoms with Crippen molar-refractivity contribution >= 4 is 27.7 Å². The van der Waals surface area contributed by atoms with Gasteiger partial charge in [0.25, 0.3) is 0 Å². The van der Waals surface area contributed by atoms with Crippen molar-refractivity contribution in [3.05, 3.63) is 31.9 Å². The molecule has 0 aliphatic heterocycles. The maximum atomic E-state index is 12.6. The standard InChI is InChI=1S/C10H9BrF2N2O4/c1-2-19-7(16)4-5-3-6(11)8(9(12)13)14-10(5)15(17)18/h3,9H,2,4H2,1H3. The topological polar surface area (TPSA) is 82.3 Å².